The molecule has 2 heteroatoms. The number of unbranched alkanes of at least 4 members (excludes halogenated alkanes) is 2. The van der Waals surface area contributed by atoms with Gasteiger partial charge in [-0.05, 0) is 18.8 Å². The molecule has 0 aliphatic heterocycles. The molecule has 0 fully saturated rings. The predicted molar refractivity (Wildman–Crippen MR) is 61.2 cm³/mol. The van der Waals surface area contributed by atoms with E-state index in [1.165, 1.54) is 19.3 Å². The van der Waals surface area contributed by atoms with E-state index in [2.05, 4.69) is 19.2 Å². The van der Waals surface area contributed by atoms with Crippen molar-refractivity contribution in [3.05, 3.63) is 0 Å². The Morgan fingerprint density at radius 2 is 1.93 bits per heavy atom. The highest BCUT2D eigenvalue weighted by atomic mass is 16.1. The Morgan fingerprint density at radius 3 is 2.50 bits per heavy atom. The average molecular weight is 199 g/mol. The van der Waals surface area contributed by atoms with Crippen LogP contribution in [0.2, 0.25) is 0 Å². The normalized spacial score (nSPS) is 10.6. The molecule has 0 atom stereocenters. The lowest BCUT2D eigenvalue weighted by Crippen LogP contribution is -2.23. The fourth-order valence-corrected chi connectivity index (χ4v) is 1.40. The fourth-order valence-electron chi connectivity index (χ4n) is 1.40. The summed E-state index contributed by atoms with van der Waals surface area (Å²) in [7, 11) is 0. The van der Waals surface area contributed by atoms with Crippen LogP contribution in [-0.2, 0) is 4.79 Å². The Kier molecular flexibility index (Phi) is 8.70. The van der Waals surface area contributed by atoms with Gasteiger partial charge in [0, 0.05) is 13.0 Å². The van der Waals surface area contributed by atoms with Crippen LogP contribution in [0.1, 0.15) is 59.3 Å². The van der Waals surface area contributed by atoms with Crippen LogP contribution < -0.4 is 5.32 Å². The van der Waals surface area contributed by atoms with E-state index in [0.717, 1.165) is 25.3 Å². The summed E-state index contributed by atoms with van der Waals surface area (Å²) in [6.45, 7) is 7.39. The van der Waals surface area contributed by atoms with E-state index in [0.29, 0.717) is 6.42 Å². The van der Waals surface area contributed by atoms with Crippen molar-refractivity contribution in [3.63, 3.8) is 0 Å². The number of carbonyl (C=O) groups excluding carboxylic acids is 1. The molecule has 1 N–H and O–H groups in total. The second-order valence-corrected chi connectivity index (χ2v) is 4.34. The summed E-state index contributed by atoms with van der Waals surface area (Å²) in [5, 5.41) is 2.93. The van der Waals surface area contributed by atoms with Crippen LogP contribution in [0.3, 0.4) is 0 Å². The molecule has 0 aromatic rings. The monoisotopic (exact) mass is 199 g/mol. The number of carbonyl (C=O) groups is 1. The van der Waals surface area contributed by atoms with Crippen molar-refractivity contribution in [1.82, 2.24) is 5.32 Å². The molecule has 0 saturated heterocycles. The first-order valence-corrected chi connectivity index (χ1v) is 5.93. The van der Waals surface area contributed by atoms with Gasteiger partial charge in [0.15, 0.2) is 0 Å². The summed E-state index contributed by atoms with van der Waals surface area (Å²) in [5.41, 5.74) is 0. The molecular formula is C12H25NO. The van der Waals surface area contributed by atoms with Crippen molar-refractivity contribution in [2.45, 2.75) is 59.3 Å². The molecule has 84 valence electrons. The number of nitrogens with one attached hydrogen (secondary N) is 1. The molecule has 0 radical (unpaired) electrons. The maximum atomic E-state index is 11.1. The smallest absolute Gasteiger partial charge is 0.219 e. The minimum atomic E-state index is 0.205. The third-order valence-electron chi connectivity index (χ3n) is 2.26. The summed E-state index contributed by atoms with van der Waals surface area (Å²) in [6.07, 6.45) is 6.59. The predicted octanol–water partition coefficient (Wildman–Crippen LogP) is 3.12. The van der Waals surface area contributed by atoms with Crippen LogP contribution in [0.4, 0.5) is 0 Å². The highest BCUT2D eigenvalue weighted by Gasteiger charge is 1.98. The van der Waals surface area contributed by atoms with Crippen molar-refractivity contribution in [2.24, 2.45) is 5.92 Å². The molecular weight excluding hydrogens is 174 g/mol. The van der Waals surface area contributed by atoms with E-state index in [9.17, 15) is 4.79 Å². The van der Waals surface area contributed by atoms with Gasteiger partial charge in [0.2, 0.25) is 5.91 Å². The lowest BCUT2D eigenvalue weighted by atomic mass is 10.1. The number of hydrogen-bond acceptors (Lipinski definition) is 1. The Bertz CT molecular complexity index is 143. The van der Waals surface area contributed by atoms with Gasteiger partial charge in [-0.25, -0.2) is 0 Å². The van der Waals surface area contributed by atoms with E-state index >= 15 is 0 Å². The number of rotatable bonds is 8. The zero-order chi connectivity index (χ0) is 10.8. The van der Waals surface area contributed by atoms with Gasteiger partial charge >= 0.3 is 0 Å². The highest BCUT2D eigenvalue weighted by molar-refractivity contribution is 5.75. The summed E-state index contributed by atoms with van der Waals surface area (Å²) >= 11 is 0. The molecule has 0 aromatic carbocycles. The Hall–Kier alpha value is -0.530. The Labute approximate surface area is 88.5 Å². The molecule has 14 heavy (non-hydrogen) atoms. The topological polar surface area (TPSA) is 29.1 Å². The lowest BCUT2D eigenvalue weighted by Gasteiger charge is -2.05. The van der Waals surface area contributed by atoms with Crippen molar-refractivity contribution in [1.29, 1.82) is 0 Å². The molecule has 0 aromatic heterocycles. The first kappa shape index (κ1) is 13.5. The summed E-state index contributed by atoms with van der Waals surface area (Å²) in [5.74, 6) is 1.01. The zero-order valence-corrected chi connectivity index (χ0v) is 9.94. The van der Waals surface area contributed by atoms with E-state index in [1.807, 2.05) is 6.92 Å². The summed E-state index contributed by atoms with van der Waals surface area (Å²) in [4.78, 5) is 11.1. The number of amides is 1. The molecule has 0 unspecified atom stereocenters. The van der Waals surface area contributed by atoms with Gasteiger partial charge in [0.05, 0.1) is 0 Å². The van der Waals surface area contributed by atoms with Gasteiger partial charge in [0.25, 0.3) is 0 Å². The molecule has 0 spiro atoms. The van der Waals surface area contributed by atoms with Crippen molar-refractivity contribution < 1.29 is 4.79 Å². The van der Waals surface area contributed by atoms with Crippen LogP contribution in [0.25, 0.3) is 0 Å². The average Bonchev–Trinajstić information content (AvgIpc) is 2.11. The third-order valence-corrected chi connectivity index (χ3v) is 2.26. The molecule has 0 saturated carbocycles. The first-order chi connectivity index (χ1) is 6.66. The molecule has 0 heterocycles. The van der Waals surface area contributed by atoms with Gasteiger partial charge in [0.1, 0.15) is 0 Å². The molecule has 0 aliphatic carbocycles. The van der Waals surface area contributed by atoms with Gasteiger partial charge in [-0.1, -0.05) is 40.0 Å². The van der Waals surface area contributed by atoms with Gasteiger partial charge in [-0.3, -0.25) is 4.79 Å². The van der Waals surface area contributed by atoms with E-state index in [-0.39, 0.29) is 5.91 Å². The van der Waals surface area contributed by atoms with Gasteiger partial charge in [-0.15, -0.1) is 0 Å². The molecule has 1 amide bonds. The fraction of sp³-hybridized carbons (Fsp3) is 0.917. The third kappa shape index (κ3) is 9.56. The molecule has 0 aliphatic rings. The number of hydrogen-bond donors (Lipinski definition) is 1. The SMILES string of the molecule is CCCC(=O)NCCCCCC(C)C. The maximum absolute atomic E-state index is 11.1. The van der Waals surface area contributed by atoms with Gasteiger partial charge in [-0.2, -0.15) is 0 Å². The van der Waals surface area contributed by atoms with Crippen molar-refractivity contribution in [3.8, 4) is 0 Å². The minimum absolute atomic E-state index is 0.205. The standard InChI is InChI=1S/C12H25NO/c1-4-8-12(14)13-10-7-5-6-9-11(2)3/h11H,4-10H2,1-3H3,(H,13,14). The summed E-state index contributed by atoms with van der Waals surface area (Å²) in [6, 6.07) is 0. The maximum Gasteiger partial charge on any atom is 0.219 e. The minimum Gasteiger partial charge on any atom is -0.356 e. The Balaban J connectivity index is 3.09. The van der Waals surface area contributed by atoms with Crippen LogP contribution in [-0.4, -0.2) is 12.5 Å². The van der Waals surface area contributed by atoms with E-state index < -0.39 is 0 Å². The second kappa shape index (κ2) is 9.04. The zero-order valence-electron chi connectivity index (χ0n) is 9.94. The highest BCUT2D eigenvalue weighted by Crippen LogP contribution is 2.07. The summed E-state index contributed by atoms with van der Waals surface area (Å²) < 4.78 is 0. The van der Waals surface area contributed by atoms with E-state index in [1.54, 1.807) is 0 Å². The van der Waals surface area contributed by atoms with Crippen molar-refractivity contribution >= 4 is 5.91 Å². The van der Waals surface area contributed by atoms with Crippen molar-refractivity contribution in [2.75, 3.05) is 6.54 Å². The largest absolute Gasteiger partial charge is 0.356 e. The quantitative estimate of drug-likeness (QED) is 0.598. The molecule has 0 rings (SSSR count). The van der Waals surface area contributed by atoms with Gasteiger partial charge < -0.3 is 5.32 Å². The lowest BCUT2D eigenvalue weighted by molar-refractivity contribution is -0.121. The van der Waals surface area contributed by atoms with Crippen LogP contribution in [0.5, 0.6) is 0 Å². The van der Waals surface area contributed by atoms with Crippen LogP contribution in [0, 0.1) is 5.92 Å². The second-order valence-electron chi connectivity index (χ2n) is 4.34. The Morgan fingerprint density at radius 1 is 1.21 bits per heavy atom. The van der Waals surface area contributed by atoms with E-state index in [4.69, 9.17) is 0 Å². The van der Waals surface area contributed by atoms with Crippen LogP contribution in [0.15, 0.2) is 0 Å². The van der Waals surface area contributed by atoms with Crippen LogP contribution >= 0.6 is 0 Å². The molecule has 0 bridgehead atoms. The molecule has 2 nitrogen and oxygen atoms in total. The first-order valence-electron chi connectivity index (χ1n) is 5.93.